The third kappa shape index (κ3) is 2.47. The standard InChI is InChI=1S/C32H21ClO2Si/c1-34-22-12-10-19-14-20-15-26-25-13-11-21(33)16-31(25)36(32(26)18-28(20)35-27(19)17-22)29-8-4-2-6-23(29)24-7-3-5-9-30(24)36/h2-13,15-18H,14H2,1H3. The highest BCUT2D eigenvalue weighted by atomic mass is 35.5. The Balaban J connectivity index is 1.45. The van der Waals surface area contributed by atoms with Gasteiger partial charge >= 0.3 is 0 Å². The molecule has 0 fully saturated rings. The Labute approximate surface area is 215 Å². The first-order chi connectivity index (χ1) is 17.7. The number of hydrogen-bond donors (Lipinski definition) is 0. The van der Waals surface area contributed by atoms with Crippen molar-refractivity contribution in [3.8, 4) is 39.5 Å². The molecular weight excluding hydrogens is 480 g/mol. The average molecular weight is 501 g/mol. The highest BCUT2D eigenvalue weighted by Crippen LogP contribution is 2.43. The number of ether oxygens (including phenoxy) is 2. The van der Waals surface area contributed by atoms with E-state index in [1.807, 2.05) is 18.2 Å². The second kappa shape index (κ2) is 7.13. The molecule has 0 radical (unpaired) electrons. The van der Waals surface area contributed by atoms with Crippen LogP contribution in [0.5, 0.6) is 17.2 Å². The molecule has 1 spiro atoms. The average Bonchev–Trinajstić information content (AvgIpc) is 3.36. The van der Waals surface area contributed by atoms with Crippen LogP contribution in [0.2, 0.25) is 5.02 Å². The lowest BCUT2D eigenvalue weighted by molar-refractivity contribution is 0.406. The van der Waals surface area contributed by atoms with Crippen LogP contribution >= 0.6 is 11.6 Å². The predicted molar refractivity (Wildman–Crippen MR) is 149 cm³/mol. The molecule has 3 aliphatic rings. The van der Waals surface area contributed by atoms with Gasteiger partial charge in [-0.05, 0) is 84.5 Å². The van der Waals surface area contributed by atoms with Crippen molar-refractivity contribution in [2.75, 3.05) is 7.11 Å². The maximum absolute atomic E-state index is 6.68. The third-order valence-corrected chi connectivity index (χ3v) is 13.3. The zero-order valence-electron chi connectivity index (χ0n) is 19.6. The van der Waals surface area contributed by atoms with E-state index in [-0.39, 0.29) is 0 Å². The van der Waals surface area contributed by atoms with Crippen LogP contribution in [0.25, 0.3) is 22.3 Å². The fraction of sp³-hybridized carbons (Fsp3) is 0.0625. The van der Waals surface area contributed by atoms with Crippen molar-refractivity contribution in [2.45, 2.75) is 6.42 Å². The summed E-state index contributed by atoms with van der Waals surface area (Å²) >= 11 is 6.68. The normalized spacial score (nSPS) is 14.7. The summed E-state index contributed by atoms with van der Waals surface area (Å²) in [6.07, 6.45) is 0.840. The first-order valence-corrected chi connectivity index (χ1v) is 14.6. The van der Waals surface area contributed by atoms with Gasteiger partial charge in [0, 0.05) is 17.5 Å². The molecule has 0 atom stereocenters. The predicted octanol–water partition coefficient (Wildman–Crippen LogP) is 5.38. The van der Waals surface area contributed by atoms with Gasteiger partial charge < -0.3 is 9.47 Å². The molecule has 4 heteroatoms. The fourth-order valence-electron chi connectivity index (χ4n) is 6.64. The van der Waals surface area contributed by atoms with Crippen LogP contribution in [0.3, 0.4) is 0 Å². The Morgan fingerprint density at radius 2 is 1.31 bits per heavy atom. The van der Waals surface area contributed by atoms with E-state index in [1.54, 1.807) is 7.11 Å². The topological polar surface area (TPSA) is 18.5 Å². The van der Waals surface area contributed by atoms with Crippen LogP contribution in [0, 0.1) is 0 Å². The zero-order valence-corrected chi connectivity index (χ0v) is 21.4. The molecule has 3 aliphatic heterocycles. The number of hydrogen-bond acceptors (Lipinski definition) is 2. The highest BCUT2D eigenvalue weighted by Gasteiger charge is 2.54. The largest absolute Gasteiger partial charge is 0.497 e. The number of fused-ring (bicyclic) bond motifs is 12. The molecule has 3 heterocycles. The molecule has 0 aliphatic carbocycles. The van der Waals surface area contributed by atoms with E-state index < -0.39 is 8.07 Å². The fourth-order valence-corrected chi connectivity index (χ4v) is 12.5. The van der Waals surface area contributed by atoms with Gasteiger partial charge in [0.2, 0.25) is 0 Å². The van der Waals surface area contributed by atoms with Gasteiger partial charge in [0.15, 0.2) is 8.07 Å². The minimum absolute atomic E-state index is 0.788. The second-order valence-electron chi connectivity index (χ2n) is 9.79. The molecule has 0 saturated carbocycles. The summed E-state index contributed by atoms with van der Waals surface area (Å²) in [5.74, 6) is 2.63. The van der Waals surface area contributed by atoms with E-state index in [2.05, 4.69) is 78.9 Å². The van der Waals surface area contributed by atoms with Crippen molar-refractivity contribution in [3.05, 3.63) is 113 Å². The quantitative estimate of drug-likeness (QED) is 0.282. The molecule has 5 aromatic rings. The molecular formula is C32H21ClO2Si. The Kier molecular flexibility index (Phi) is 4.04. The minimum Gasteiger partial charge on any atom is -0.497 e. The maximum Gasteiger partial charge on any atom is 0.182 e. The van der Waals surface area contributed by atoms with Gasteiger partial charge in [-0.25, -0.2) is 0 Å². The lowest BCUT2D eigenvalue weighted by Crippen LogP contribution is -2.70. The summed E-state index contributed by atoms with van der Waals surface area (Å²) in [6, 6.07) is 35.2. The van der Waals surface area contributed by atoms with Crippen molar-refractivity contribution in [1.29, 1.82) is 0 Å². The molecule has 172 valence electrons. The van der Waals surface area contributed by atoms with Crippen LogP contribution in [0.15, 0.2) is 97.1 Å². The van der Waals surface area contributed by atoms with Gasteiger partial charge in [-0.15, -0.1) is 0 Å². The number of halogens is 1. The first-order valence-electron chi connectivity index (χ1n) is 12.2. The van der Waals surface area contributed by atoms with Crippen molar-refractivity contribution in [3.63, 3.8) is 0 Å². The smallest absolute Gasteiger partial charge is 0.182 e. The van der Waals surface area contributed by atoms with Crippen molar-refractivity contribution >= 4 is 40.4 Å². The lowest BCUT2D eigenvalue weighted by Gasteiger charge is -2.29. The second-order valence-corrected chi connectivity index (χ2v) is 13.9. The Bertz CT molecular complexity index is 1710. The molecule has 2 nitrogen and oxygen atoms in total. The summed E-state index contributed by atoms with van der Waals surface area (Å²) in [4.78, 5) is 0. The SMILES string of the molecule is COc1ccc2c(c1)Oc1cc3c(cc1C2)-c1ccc(Cl)cc1[Si]31c2ccccc2-c2ccccc21. The molecule has 0 N–H and O–H groups in total. The van der Waals surface area contributed by atoms with Crippen LogP contribution in [-0.2, 0) is 6.42 Å². The molecule has 5 aromatic carbocycles. The highest BCUT2D eigenvalue weighted by molar-refractivity contribution is 7.24. The van der Waals surface area contributed by atoms with Crippen LogP contribution in [0.1, 0.15) is 11.1 Å². The zero-order chi connectivity index (χ0) is 24.0. The minimum atomic E-state index is -2.54. The van der Waals surface area contributed by atoms with Crippen LogP contribution in [0.4, 0.5) is 0 Å². The van der Waals surface area contributed by atoms with E-state index in [0.29, 0.717) is 0 Å². The maximum atomic E-state index is 6.68. The number of methoxy groups -OCH3 is 1. The van der Waals surface area contributed by atoms with Crippen molar-refractivity contribution in [2.24, 2.45) is 0 Å². The van der Waals surface area contributed by atoms with Crippen molar-refractivity contribution in [1.82, 2.24) is 0 Å². The van der Waals surface area contributed by atoms with Gasteiger partial charge in [-0.1, -0.05) is 72.3 Å². The van der Waals surface area contributed by atoms with Crippen LogP contribution < -0.4 is 30.2 Å². The molecule has 0 bridgehead atoms. The summed E-state index contributed by atoms with van der Waals surface area (Å²) in [5, 5.41) is 6.43. The van der Waals surface area contributed by atoms with E-state index in [4.69, 9.17) is 21.1 Å². The van der Waals surface area contributed by atoms with Gasteiger partial charge in [0.25, 0.3) is 0 Å². The summed E-state index contributed by atoms with van der Waals surface area (Å²) in [5.41, 5.74) is 7.70. The Morgan fingerprint density at radius 3 is 2.06 bits per heavy atom. The third-order valence-electron chi connectivity index (χ3n) is 8.11. The van der Waals surface area contributed by atoms with Gasteiger partial charge in [-0.2, -0.15) is 0 Å². The van der Waals surface area contributed by atoms with E-state index in [9.17, 15) is 0 Å². The van der Waals surface area contributed by atoms with Crippen molar-refractivity contribution < 1.29 is 9.47 Å². The number of benzene rings is 5. The van der Waals surface area contributed by atoms with Gasteiger partial charge in [0.05, 0.1) is 7.11 Å². The molecule has 36 heavy (non-hydrogen) atoms. The Hall–Kier alpha value is -3.79. The molecule has 0 aromatic heterocycles. The summed E-state index contributed by atoms with van der Waals surface area (Å²) < 4.78 is 12.0. The molecule has 8 rings (SSSR count). The van der Waals surface area contributed by atoms with E-state index >= 15 is 0 Å². The molecule has 0 saturated heterocycles. The summed E-state index contributed by atoms with van der Waals surface area (Å²) in [7, 11) is -0.848. The summed E-state index contributed by atoms with van der Waals surface area (Å²) in [6.45, 7) is 0. The molecule has 0 unspecified atom stereocenters. The van der Waals surface area contributed by atoms with Gasteiger partial charge in [0.1, 0.15) is 17.2 Å². The number of rotatable bonds is 1. The first kappa shape index (κ1) is 20.4. The Morgan fingerprint density at radius 1 is 0.639 bits per heavy atom. The van der Waals surface area contributed by atoms with Gasteiger partial charge in [-0.3, -0.25) is 0 Å². The van der Waals surface area contributed by atoms with E-state index in [0.717, 1.165) is 28.7 Å². The lowest BCUT2D eigenvalue weighted by atomic mass is 9.96. The molecule has 0 amide bonds. The van der Waals surface area contributed by atoms with Crippen LogP contribution in [-0.4, -0.2) is 15.2 Å². The monoisotopic (exact) mass is 500 g/mol. The van der Waals surface area contributed by atoms with E-state index in [1.165, 1.54) is 54.1 Å².